The van der Waals surface area contributed by atoms with Crippen molar-refractivity contribution in [1.82, 2.24) is 5.32 Å². The first-order valence-electron chi connectivity index (χ1n) is 5.87. The summed E-state index contributed by atoms with van der Waals surface area (Å²) in [6, 6.07) is 10.3. The molecule has 4 heteroatoms. The van der Waals surface area contributed by atoms with Crippen LogP contribution in [-0.2, 0) is 4.79 Å². The van der Waals surface area contributed by atoms with Crippen molar-refractivity contribution in [2.24, 2.45) is 10.9 Å². The molecule has 1 fully saturated rings. The first-order valence-corrected chi connectivity index (χ1v) is 6.86. The monoisotopic (exact) mass is 246 g/mol. The average Bonchev–Trinajstić information content (AvgIpc) is 3.02. The summed E-state index contributed by atoms with van der Waals surface area (Å²) in [5.74, 6) is 1.67. The molecule has 1 saturated carbocycles. The number of carbonyl (C=O) groups excluding carboxylic acids is 1. The van der Waals surface area contributed by atoms with Crippen LogP contribution in [0.1, 0.15) is 17.9 Å². The summed E-state index contributed by atoms with van der Waals surface area (Å²) in [6.07, 6.45) is 0.966. The molecule has 0 saturated heterocycles. The molecule has 1 N–H and O–H groups in total. The van der Waals surface area contributed by atoms with Crippen LogP contribution in [0.3, 0.4) is 0 Å². The van der Waals surface area contributed by atoms with Gasteiger partial charge in [0.1, 0.15) is 0 Å². The summed E-state index contributed by atoms with van der Waals surface area (Å²) in [5, 5.41) is 3.71. The van der Waals surface area contributed by atoms with Crippen LogP contribution in [0.2, 0.25) is 0 Å². The van der Waals surface area contributed by atoms with Gasteiger partial charge >= 0.3 is 0 Å². The predicted octanol–water partition coefficient (Wildman–Crippen LogP) is 2.01. The minimum atomic E-state index is 0.131. The minimum absolute atomic E-state index is 0.131. The zero-order valence-corrected chi connectivity index (χ0v) is 10.2. The normalized spacial score (nSPS) is 26.5. The van der Waals surface area contributed by atoms with E-state index in [1.54, 1.807) is 11.8 Å². The zero-order valence-electron chi connectivity index (χ0n) is 9.43. The van der Waals surface area contributed by atoms with Gasteiger partial charge in [0.2, 0.25) is 5.91 Å². The molecule has 0 radical (unpaired) electrons. The fraction of sp³-hybridized carbons (Fsp3) is 0.385. The number of amides is 1. The molecule has 2 aliphatic rings. The van der Waals surface area contributed by atoms with Crippen molar-refractivity contribution in [3.63, 3.8) is 0 Å². The highest BCUT2D eigenvalue weighted by atomic mass is 32.2. The Balaban J connectivity index is 1.59. The summed E-state index contributed by atoms with van der Waals surface area (Å²) in [7, 11) is 0. The first-order chi connectivity index (χ1) is 8.34. The van der Waals surface area contributed by atoms with Gasteiger partial charge in [-0.3, -0.25) is 9.79 Å². The quantitative estimate of drug-likeness (QED) is 0.867. The summed E-state index contributed by atoms with van der Waals surface area (Å²) in [5.41, 5.74) is 1.27. The molecule has 0 spiro atoms. The molecule has 1 aliphatic carbocycles. The van der Waals surface area contributed by atoms with E-state index in [0.717, 1.165) is 23.9 Å². The molecule has 0 unspecified atom stereocenters. The number of hydrogen-bond donors (Lipinski definition) is 1. The molecule has 3 rings (SSSR count). The van der Waals surface area contributed by atoms with E-state index in [1.807, 2.05) is 18.2 Å². The van der Waals surface area contributed by atoms with Crippen molar-refractivity contribution in [3.05, 3.63) is 35.9 Å². The third kappa shape index (κ3) is 2.36. The number of carbonyl (C=O) groups is 1. The van der Waals surface area contributed by atoms with Gasteiger partial charge in [-0.1, -0.05) is 42.1 Å². The molecule has 1 aromatic rings. The maximum atomic E-state index is 11.9. The molecular weight excluding hydrogens is 232 g/mol. The van der Waals surface area contributed by atoms with Crippen molar-refractivity contribution in [2.45, 2.75) is 12.3 Å². The maximum Gasteiger partial charge on any atom is 0.229 e. The molecule has 1 amide bonds. The van der Waals surface area contributed by atoms with Crippen LogP contribution in [0.25, 0.3) is 0 Å². The summed E-state index contributed by atoms with van der Waals surface area (Å²) >= 11 is 1.63. The van der Waals surface area contributed by atoms with Gasteiger partial charge in [-0.25, -0.2) is 0 Å². The molecule has 1 heterocycles. The number of aliphatic imine (C=N–C) groups is 1. The number of rotatable bonds is 2. The standard InChI is InChI=1S/C13H14N2OS/c16-12(15-13-14-6-7-17-13)11-8-10(11)9-4-2-1-3-5-9/h1-5,10-11H,6-8H2,(H,14,15,16)/t10-,11-/m1/s1. The second kappa shape index (κ2) is 4.53. The van der Waals surface area contributed by atoms with Gasteiger partial charge in [0.05, 0.1) is 6.54 Å². The van der Waals surface area contributed by atoms with E-state index in [0.29, 0.717) is 5.92 Å². The number of benzene rings is 1. The van der Waals surface area contributed by atoms with Crippen LogP contribution in [0.15, 0.2) is 35.3 Å². The lowest BCUT2D eigenvalue weighted by molar-refractivity contribution is -0.120. The molecule has 88 valence electrons. The molecule has 0 bridgehead atoms. The molecular formula is C13H14N2OS. The molecule has 1 aliphatic heterocycles. The van der Waals surface area contributed by atoms with Crippen molar-refractivity contribution in [2.75, 3.05) is 12.3 Å². The lowest BCUT2D eigenvalue weighted by Gasteiger charge is -2.03. The van der Waals surface area contributed by atoms with Gasteiger partial charge in [0.15, 0.2) is 5.17 Å². The van der Waals surface area contributed by atoms with Crippen molar-refractivity contribution in [3.8, 4) is 0 Å². The van der Waals surface area contributed by atoms with E-state index in [-0.39, 0.29) is 11.8 Å². The van der Waals surface area contributed by atoms with Gasteiger partial charge in [0.25, 0.3) is 0 Å². The van der Waals surface area contributed by atoms with E-state index in [9.17, 15) is 4.79 Å². The second-order valence-corrected chi connectivity index (χ2v) is 5.47. The van der Waals surface area contributed by atoms with Gasteiger partial charge in [-0.05, 0) is 17.9 Å². The van der Waals surface area contributed by atoms with Crippen LogP contribution >= 0.6 is 11.8 Å². The fourth-order valence-corrected chi connectivity index (χ4v) is 2.89. The highest BCUT2D eigenvalue weighted by Crippen LogP contribution is 2.47. The Morgan fingerprint density at radius 2 is 2.18 bits per heavy atom. The number of hydrogen-bond acceptors (Lipinski definition) is 3. The molecule has 17 heavy (non-hydrogen) atoms. The van der Waals surface area contributed by atoms with E-state index in [1.165, 1.54) is 5.56 Å². The largest absolute Gasteiger partial charge is 0.305 e. The lowest BCUT2D eigenvalue weighted by atomic mass is 10.1. The summed E-state index contributed by atoms with van der Waals surface area (Å²) in [6.45, 7) is 0.826. The molecule has 2 atom stereocenters. The smallest absolute Gasteiger partial charge is 0.229 e. The molecule has 1 aromatic carbocycles. The van der Waals surface area contributed by atoms with Gasteiger partial charge in [-0.2, -0.15) is 0 Å². The number of amidine groups is 1. The van der Waals surface area contributed by atoms with Crippen LogP contribution in [-0.4, -0.2) is 23.4 Å². The van der Waals surface area contributed by atoms with Gasteiger partial charge in [0, 0.05) is 11.7 Å². The van der Waals surface area contributed by atoms with Crippen LogP contribution in [0.4, 0.5) is 0 Å². The third-order valence-electron chi connectivity index (χ3n) is 3.17. The number of thioether (sulfide) groups is 1. The van der Waals surface area contributed by atoms with Gasteiger partial charge in [-0.15, -0.1) is 0 Å². The fourth-order valence-electron chi connectivity index (χ4n) is 2.16. The Hall–Kier alpha value is -1.29. The predicted molar refractivity (Wildman–Crippen MR) is 70.2 cm³/mol. The highest BCUT2D eigenvalue weighted by Gasteiger charge is 2.44. The Morgan fingerprint density at radius 1 is 1.35 bits per heavy atom. The van der Waals surface area contributed by atoms with Gasteiger partial charge < -0.3 is 5.32 Å². The lowest BCUT2D eigenvalue weighted by Crippen LogP contribution is -2.29. The van der Waals surface area contributed by atoms with E-state index in [4.69, 9.17) is 0 Å². The third-order valence-corrected chi connectivity index (χ3v) is 4.06. The molecule has 3 nitrogen and oxygen atoms in total. The topological polar surface area (TPSA) is 41.5 Å². The second-order valence-electron chi connectivity index (χ2n) is 4.38. The maximum absolute atomic E-state index is 11.9. The van der Waals surface area contributed by atoms with Crippen molar-refractivity contribution >= 4 is 22.8 Å². The van der Waals surface area contributed by atoms with E-state index < -0.39 is 0 Å². The summed E-state index contributed by atoms with van der Waals surface area (Å²) < 4.78 is 0. The molecule has 0 aromatic heterocycles. The van der Waals surface area contributed by atoms with E-state index in [2.05, 4.69) is 22.4 Å². The van der Waals surface area contributed by atoms with Crippen molar-refractivity contribution in [1.29, 1.82) is 0 Å². The van der Waals surface area contributed by atoms with Crippen LogP contribution in [0, 0.1) is 5.92 Å². The zero-order chi connectivity index (χ0) is 11.7. The van der Waals surface area contributed by atoms with Crippen molar-refractivity contribution < 1.29 is 4.79 Å². The number of nitrogens with zero attached hydrogens (tertiary/aromatic N) is 1. The SMILES string of the molecule is O=C(NC1=NCCS1)[C@@H]1C[C@@H]1c1ccccc1. The first kappa shape index (κ1) is 10.8. The Labute approximate surface area is 105 Å². The Kier molecular flexibility index (Phi) is 2.89. The number of nitrogens with one attached hydrogen (secondary N) is 1. The Morgan fingerprint density at radius 3 is 2.88 bits per heavy atom. The van der Waals surface area contributed by atoms with Crippen LogP contribution < -0.4 is 5.32 Å². The average molecular weight is 246 g/mol. The minimum Gasteiger partial charge on any atom is -0.305 e. The summed E-state index contributed by atoms with van der Waals surface area (Å²) in [4.78, 5) is 16.2. The Bertz CT molecular complexity index is 458. The highest BCUT2D eigenvalue weighted by molar-refractivity contribution is 8.14. The van der Waals surface area contributed by atoms with E-state index >= 15 is 0 Å². The van der Waals surface area contributed by atoms with Crippen LogP contribution in [0.5, 0.6) is 0 Å².